The van der Waals surface area contributed by atoms with Crippen molar-refractivity contribution in [3.8, 4) is 0 Å². The Bertz CT molecular complexity index is 325. The second-order valence-corrected chi connectivity index (χ2v) is 3.18. The van der Waals surface area contributed by atoms with Gasteiger partial charge in [-0.15, -0.1) is 0 Å². The highest BCUT2D eigenvalue weighted by molar-refractivity contribution is 5.92. The lowest BCUT2D eigenvalue weighted by molar-refractivity contribution is 0.0793. The molecule has 0 saturated heterocycles. The van der Waals surface area contributed by atoms with Gasteiger partial charge in [-0.05, 0) is 19.1 Å². The lowest BCUT2D eigenvalue weighted by atomic mass is 10.3. The van der Waals surface area contributed by atoms with E-state index in [-0.39, 0.29) is 5.91 Å². The van der Waals surface area contributed by atoms with Crippen LogP contribution in [0, 0.1) is 6.92 Å². The van der Waals surface area contributed by atoms with Gasteiger partial charge in [-0.3, -0.25) is 4.79 Å². The standard InChI is InChI=1S/C10H15N3O/c1-8-4-3-5-9(12-8)10(14)13(2)7-6-11/h3-5H,6-7,11H2,1-2H3. The van der Waals surface area contributed by atoms with E-state index in [1.54, 1.807) is 18.0 Å². The van der Waals surface area contributed by atoms with Gasteiger partial charge in [0.15, 0.2) is 0 Å². The number of nitrogens with two attached hydrogens (primary N) is 1. The van der Waals surface area contributed by atoms with Crippen molar-refractivity contribution in [2.45, 2.75) is 6.92 Å². The smallest absolute Gasteiger partial charge is 0.272 e. The topological polar surface area (TPSA) is 59.2 Å². The molecule has 0 fully saturated rings. The molecule has 1 aromatic rings. The van der Waals surface area contributed by atoms with Crippen LogP contribution in [0.5, 0.6) is 0 Å². The summed E-state index contributed by atoms with van der Waals surface area (Å²) in [5, 5.41) is 0. The fourth-order valence-electron chi connectivity index (χ4n) is 1.15. The van der Waals surface area contributed by atoms with E-state index in [1.807, 2.05) is 19.1 Å². The molecule has 0 unspecified atom stereocenters. The first-order valence-corrected chi connectivity index (χ1v) is 4.54. The highest BCUT2D eigenvalue weighted by atomic mass is 16.2. The molecule has 2 N–H and O–H groups in total. The van der Waals surface area contributed by atoms with Gasteiger partial charge in [-0.25, -0.2) is 4.98 Å². The van der Waals surface area contributed by atoms with E-state index in [1.165, 1.54) is 0 Å². The van der Waals surface area contributed by atoms with Gasteiger partial charge in [0.1, 0.15) is 5.69 Å². The van der Waals surface area contributed by atoms with E-state index in [4.69, 9.17) is 5.73 Å². The normalized spacial score (nSPS) is 9.93. The minimum Gasteiger partial charge on any atom is -0.339 e. The fraction of sp³-hybridized carbons (Fsp3) is 0.400. The Balaban J connectivity index is 2.78. The monoisotopic (exact) mass is 193 g/mol. The van der Waals surface area contributed by atoms with Crippen LogP contribution in [0.4, 0.5) is 0 Å². The van der Waals surface area contributed by atoms with Gasteiger partial charge in [0.2, 0.25) is 0 Å². The predicted octanol–water partition coefficient (Wildman–Crippen LogP) is 0.421. The third-order valence-electron chi connectivity index (χ3n) is 1.92. The number of hydrogen-bond acceptors (Lipinski definition) is 3. The van der Waals surface area contributed by atoms with Crippen LogP contribution in [0.2, 0.25) is 0 Å². The number of aromatic nitrogens is 1. The number of pyridine rings is 1. The molecular formula is C10H15N3O. The van der Waals surface area contributed by atoms with E-state index in [0.717, 1.165) is 5.69 Å². The predicted molar refractivity (Wildman–Crippen MR) is 55.0 cm³/mol. The van der Waals surface area contributed by atoms with Gasteiger partial charge in [0, 0.05) is 25.8 Å². The average Bonchev–Trinajstić information content (AvgIpc) is 2.17. The van der Waals surface area contributed by atoms with Crippen molar-refractivity contribution < 1.29 is 4.79 Å². The third-order valence-corrected chi connectivity index (χ3v) is 1.92. The van der Waals surface area contributed by atoms with E-state index in [9.17, 15) is 4.79 Å². The molecule has 0 aliphatic heterocycles. The molecule has 4 heteroatoms. The van der Waals surface area contributed by atoms with E-state index >= 15 is 0 Å². The van der Waals surface area contributed by atoms with Crippen molar-refractivity contribution >= 4 is 5.91 Å². The molecule has 1 amide bonds. The number of rotatable bonds is 3. The summed E-state index contributed by atoms with van der Waals surface area (Å²) in [5.74, 6) is -0.0841. The molecule has 0 spiro atoms. The van der Waals surface area contributed by atoms with Gasteiger partial charge < -0.3 is 10.6 Å². The Morgan fingerprint density at radius 3 is 2.86 bits per heavy atom. The van der Waals surface area contributed by atoms with Crippen LogP contribution in [-0.2, 0) is 0 Å². The summed E-state index contributed by atoms with van der Waals surface area (Å²) >= 11 is 0. The summed E-state index contributed by atoms with van der Waals surface area (Å²) in [6.07, 6.45) is 0. The molecule has 0 bridgehead atoms. The minimum absolute atomic E-state index is 0.0841. The van der Waals surface area contributed by atoms with Crippen molar-refractivity contribution in [3.05, 3.63) is 29.6 Å². The van der Waals surface area contributed by atoms with Crippen LogP contribution >= 0.6 is 0 Å². The number of aryl methyl sites for hydroxylation is 1. The molecule has 0 saturated carbocycles. The fourth-order valence-corrected chi connectivity index (χ4v) is 1.15. The molecule has 76 valence electrons. The average molecular weight is 193 g/mol. The van der Waals surface area contributed by atoms with Crippen LogP contribution < -0.4 is 5.73 Å². The molecule has 1 heterocycles. The van der Waals surface area contributed by atoms with Gasteiger partial charge in [0.25, 0.3) is 5.91 Å². The van der Waals surface area contributed by atoms with Crippen LogP contribution in [0.25, 0.3) is 0 Å². The van der Waals surface area contributed by atoms with Gasteiger partial charge >= 0.3 is 0 Å². The zero-order chi connectivity index (χ0) is 10.6. The number of hydrogen-bond donors (Lipinski definition) is 1. The lowest BCUT2D eigenvalue weighted by Gasteiger charge is -2.15. The highest BCUT2D eigenvalue weighted by Gasteiger charge is 2.11. The van der Waals surface area contributed by atoms with E-state index < -0.39 is 0 Å². The molecule has 0 radical (unpaired) electrons. The summed E-state index contributed by atoms with van der Waals surface area (Å²) < 4.78 is 0. The highest BCUT2D eigenvalue weighted by Crippen LogP contribution is 2.01. The Kier molecular flexibility index (Phi) is 3.59. The van der Waals surface area contributed by atoms with Crippen molar-refractivity contribution in [2.75, 3.05) is 20.1 Å². The molecular weight excluding hydrogens is 178 g/mol. The van der Waals surface area contributed by atoms with Crippen molar-refractivity contribution in [3.63, 3.8) is 0 Å². The Morgan fingerprint density at radius 1 is 1.57 bits per heavy atom. The van der Waals surface area contributed by atoms with Crippen molar-refractivity contribution in [2.24, 2.45) is 5.73 Å². The Hall–Kier alpha value is -1.42. The molecule has 1 aromatic heterocycles. The van der Waals surface area contributed by atoms with E-state index in [0.29, 0.717) is 18.8 Å². The second-order valence-electron chi connectivity index (χ2n) is 3.18. The maximum Gasteiger partial charge on any atom is 0.272 e. The Labute approximate surface area is 83.7 Å². The van der Waals surface area contributed by atoms with Crippen LogP contribution in [0.15, 0.2) is 18.2 Å². The van der Waals surface area contributed by atoms with Crippen LogP contribution in [0.3, 0.4) is 0 Å². The number of carbonyl (C=O) groups is 1. The van der Waals surface area contributed by atoms with Gasteiger partial charge in [0.05, 0.1) is 0 Å². The molecule has 0 aromatic carbocycles. The molecule has 0 aliphatic carbocycles. The zero-order valence-corrected chi connectivity index (χ0v) is 8.53. The molecule has 4 nitrogen and oxygen atoms in total. The second kappa shape index (κ2) is 4.72. The van der Waals surface area contributed by atoms with Crippen molar-refractivity contribution in [1.29, 1.82) is 0 Å². The number of likely N-dealkylation sites (N-methyl/N-ethyl adjacent to an activating group) is 1. The largest absolute Gasteiger partial charge is 0.339 e. The number of carbonyl (C=O) groups excluding carboxylic acids is 1. The summed E-state index contributed by atoms with van der Waals surface area (Å²) in [6, 6.07) is 5.40. The summed E-state index contributed by atoms with van der Waals surface area (Å²) in [5.41, 5.74) is 6.68. The molecule has 0 atom stereocenters. The molecule has 1 rings (SSSR count). The van der Waals surface area contributed by atoms with E-state index in [2.05, 4.69) is 4.98 Å². The quantitative estimate of drug-likeness (QED) is 0.757. The number of nitrogens with zero attached hydrogens (tertiary/aromatic N) is 2. The first-order chi connectivity index (χ1) is 6.65. The minimum atomic E-state index is -0.0841. The van der Waals surface area contributed by atoms with Crippen LogP contribution in [0.1, 0.15) is 16.2 Å². The maximum absolute atomic E-state index is 11.7. The number of amides is 1. The summed E-state index contributed by atoms with van der Waals surface area (Å²) in [7, 11) is 1.72. The SMILES string of the molecule is Cc1cccc(C(=O)N(C)CCN)n1. The maximum atomic E-state index is 11.7. The summed E-state index contributed by atoms with van der Waals surface area (Å²) in [6.45, 7) is 2.88. The zero-order valence-electron chi connectivity index (χ0n) is 8.53. The summed E-state index contributed by atoms with van der Waals surface area (Å²) in [4.78, 5) is 17.4. The lowest BCUT2D eigenvalue weighted by Crippen LogP contribution is -2.32. The first-order valence-electron chi connectivity index (χ1n) is 4.54. The van der Waals surface area contributed by atoms with Crippen molar-refractivity contribution in [1.82, 2.24) is 9.88 Å². The molecule has 0 aliphatic rings. The van der Waals surface area contributed by atoms with Gasteiger partial charge in [-0.2, -0.15) is 0 Å². The molecule has 14 heavy (non-hydrogen) atoms. The van der Waals surface area contributed by atoms with Gasteiger partial charge in [-0.1, -0.05) is 6.07 Å². The first kappa shape index (κ1) is 10.7. The third kappa shape index (κ3) is 2.53. The Morgan fingerprint density at radius 2 is 2.29 bits per heavy atom. The van der Waals surface area contributed by atoms with Crippen LogP contribution in [-0.4, -0.2) is 35.9 Å².